The van der Waals surface area contributed by atoms with Gasteiger partial charge in [0.05, 0.1) is 6.61 Å². The first-order valence-corrected chi connectivity index (χ1v) is 6.74. The summed E-state index contributed by atoms with van der Waals surface area (Å²) in [5, 5.41) is 3.94. The van der Waals surface area contributed by atoms with E-state index >= 15 is 0 Å². The molecule has 0 atom stereocenters. The molecule has 6 heteroatoms. The van der Waals surface area contributed by atoms with Gasteiger partial charge in [-0.05, 0) is 26.7 Å². The fourth-order valence-electron chi connectivity index (χ4n) is 1.96. The van der Waals surface area contributed by atoms with Crippen molar-refractivity contribution in [3.05, 3.63) is 11.7 Å². The fourth-order valence-corrected chi connectivity index (χ4v) is 1.96. The van der Waals surface area contributed by atoms with Gasteiger partial charge in [0.2, 0.25) is 11.7 Å². The number of hydrogen-bond donors (Lipinski definition) is 0. The third kappa shape index (κ3) is 3.76. The second-order valence-corrected chi connectivity index (χ2v) is 4.13. The molecule has 1 aromatic heterocycles. The van der Waals surface area contributed by atoms with Crippen molar-refractivity contribution < 1.29 is 18.8 Å². The lowest BCUT2D eigenvalue weighted by atomic mass is 9.96. The van der Waals surface area contributed by atoms with E-state index in [1.54, 1.807) is 6.92 Å². The van der Waals surface area contributed by atoms with Crippen molar-refractivity contribution in [1.29, 1.82) is 0 Å². The van der Waals surface area contributed by atoms with E-state index in [9.17, 15) is 4.79 Å². The van der Waals surface area contributed by atoms with Gasteiger partial charge in [-0.25, -0.2) is 0 Å². The Morgan fingerprint density at radius 3 is 2.42 bits per heavy atom. The summed E-state index contributed by atoms with van der Waals surface area (Å²) in [6, 6.07) is 0. The van der Waals surface area contributed by atoms with Gasteiger partial charge < -0.3 is 14.0 Å². The zero-order chi connectivity index (χ0) is 14.3. The van der Waals surface area contributed by atoms with Gasteiger partial charge in [-0.15, -0.1) is 0 Å². The van der Waals surface area contributed by atoms with Crippen LogP contribution in [0.1, 0.15) is 52.3 Å². The number of carbonyl (C=O) groups excluding carboxylic acids is 1. The number of nitrogens with zero attached hydrogens (tertiary/aromatic N) is 2. The molecular formula is C13H22N2O4. The zero-order valence-corrected chi connectivity index (χ0v) is 12.1. The lowest BCUT2D eigenvalue weighted by molar-refractivity contribution is -0.142. The van der Waals surface area contributed by atoms with E-state index in [4.69, 9.17) is 14.0 Å². The van der Waals surface area contributed by atoms with Gasteiger partial charge in [-0.2, -0.15) is 4.98 Å². The lowest BCUT2D eigenvalue weighted by Crippen LogP contribution is -2.29. The molecule has 0 saturated carbocycles. The molecular weight excluding hydrogens is 248 g/mol. The maximum absolute atomic E-state index is 11.4. The second-order valence-electron chi connectivity index (χ2n) is 4.13. The fraction of sp³-hybridized carbons (Fsp3) is 0.769. The van der Waals surface area contributed by atoms with E-state index in [-0.39, 0.29) is 18.3 Å². The molecule has 0 aliphatic carbocycles. The quantitative estimate of drug-likeness (QED) is 0.674. The second kappa shape index (κ2) is 7.23. The highest BCUT2D eigenvalue weighted by Gasteiger charge is 2.34. The number of ether oxygens (including phenoxy) is 2. The smallest absolute Gasteiger partial charge is 0.315 e. The monoisotopic (exact) mass is 270 g/mol. The molecule has 0 aliphatic heterocycles. The molecule has 0 aromatic carbocycles. The number of carbonyl (C=O) groups is 1. The molecule has 0 aliphatic rings. The van der Waals surface area contributed by atoms with Crippen LogP contribution in [0.2, 0.25) is 0 Å². The average Bonchev–Trinajstić information content (AvgIpc) is 2.85. The Labute approximate surface area is 113 Å². The topological polar surface area (TPSA) is 74.5 Å². The molecule has 108 valence electrons. The van der Waals surface area contributed by atoms with Gasteiger partial charge in [0.1, 0.15) is 12.0 Å². The van der Waals surface area contributed by atoms with Gasteiger partial charge in [0.25, 0.3) is 0 Å². The minimum atomic E-state index is -0.537. The van der Waals surface area contributed by atoms with Crippen LogP contribution in [-0.2, 0) is 26.3 Å². The summed E-state index contributed by atoms with van der Waals surface area (Å²) in [6.07, 6.45) is 1.49. The van der Waals surface area contributed by atoms with Crippen molar-refractivity contribution in [3.8, 4) is 0 Å². The van der Waals surface area contributed by atoms with Crippen LogP contribution in [-0.4, -0.2) is 29.3 Å². The molecule has 0 bridgehead atoms. The largest absolute Gasteiger partial charge is 0.466 e. The minimum Gasteiger partial charge on any atom is -0.466 e. The lowest BCUT2D eigenvalue weighted by Gasteiger charge is -2.27. The summed E-state index contributed by atoms with van der Waals surface area (Å²) in [6.45, 7) is 8.63. The first kappa shape index (κ1) is 15.6. The highest BCUT2D eigenvalue weighted by Crippen LogP contribution is 2.30. The zero-order valence-electron chi connectivity index (χ0n) is 12.1. The van der Waals surface area contributed by atoms with Crippen LogP contribution in [0.5, 0.6) is 0 Å². The average molecular weight is 270 g/mol. The Balaban J connectivity index is 2.84. The van der Waals surface area contributed by atoms with Crippen molar-refractivity contribution in [1.82, 2.24) is 10.1 Å². The van der Waals surface area contributed by atoms with Crippen molar-refractivity contribution in [3.63, 3.8) is 0 Å². The molecule has 0 spiro atoms. The van der Waals surface area contributed by atoms with Crippen molar-refractivity contribution in [2.75, 3.05) is 13.2 Å². The predicted molar refractivity (Wildman–Crippen MR) is 68.5 cm³/mol. The van der Waals surface area contributed by atoms with Gasteiger partial charge in [0.15, 0.2) is 0 Å². The molecule has 0 radical (unpaired) electrons. The normalized spacial score (nSPS) is 11.6. The highest BCUT2D eigenvalue weighted by atomic mass is 16.5. The van der Waals surface area contributed by atoms with Gasteiger partial charge in [-0.1, -0.05) is 19.0 Å². The van der Waals surface area contributed by atoms with E-state index in [0.29, 0.717) is 19.0 Å². The maximum atomic E-state index is 11.4. The summed E-state index contributed by atoms with van der Waals surface area (Å²) in [5.74, 6) is 0.394. The molecule has 1 aromatic rings. The summed E-state index contributed by atoms with van der Waals surface area (Å²) >= 11 is 0. The number of aromatic nitrogens is 2. The molecule has 0 unspecified atom stereocenters. The molecule has 1 heterocycles. The number of hydrogen-bond acceptors (Lipinski definition) is 6. The van der Waals surface area contributed by atoms with E-state index < -0.39 is 5.60 Å². The summed E-state index contributed by atoms with van der Waals surface area (Å²) < 4.78 is 15.7. The molecule has 0 fully saturated rings. The van der Waals surface area contributed by atoms with Crippen molar-refractivity contribution >= 4 is 5.97 Å². The number of esters is 1. The summed E-state index contributed by atoms with van der Waals surface area (Å²) in [5.41, 5.74) is -0.537. The molecule has 0 saturated heterocycles. The number of rotatable bonds is 8. The Hall–Kier alpha value is -1.43. The van der Waals surface area contributed by atoms with E-state index in [0.717, 1.165) is 12.8 Å². The molecule has 0 amide bonds. The first-order valence-electron chi connectivity index (χ1n) is 6.74. The third-order valence-corrected chi connectivity index (χ3v) is 3.04. The van der Waals surface area contributed by atoms with Crippen LogP contribution in [0.15, 0.2) is 4.52 Å². The summed E-state index contributed by atoms with van der Waals surface area (Å²) in [4.78, 5) is 15.6. The van der Waals surface area contributed by atoms with Gasteiger partial charge in [0, 0.05) is 6.61 Å². The Morgan fingerprint density at radius 1 is 1.21 bits per heavy atom. The van der Waals surface area contributed by atoms with Crippen LogP contribution in [0.3, 0.4) is 0 Å². The van der Waals surface area contributed by atoms with Crippen LogP contribution >= 0.6 is 0 Å². The first-order chi connectivity index (χ1) is 9.11. The predicted octanol–water partition coefficient (Wildman–Crippen LogP) is 2.23. The summed E-state index contributed by atoms with van der Waals surface area (Å²) in [7, 11) is 0. The third-order valence-electron chi connectivity index (χ3n) is 3.04. The van der Waals surface area contributed by atoms with Crippen molar-refractivity contribution in [2.24, 2.45) is 0 Å². The van der Waals surface area contributed by atoms with Crippen LogP contribution in [0, 0.1) is 0 Å². The minimum absolute atomic E-state index is 0.00350. The van der Waals surface area contributed by atoms with Crippen molar-refractivity contribution in [2.45, 2.75) is 52.6 Å². The van der Waals surface area contributed by atoms with E-state index in [1.165, 1.54) is 0 Å². The molecule has 19 heavy (non-hydrogen) atoms. The molecule has 0 N–H and O–H groups in total. The Bertz CT molecular complexity index is 399. The Morgan fingerprint density at radius 2 is 1.89 bits per heavy atom. The van der Waals surface area contributed by atoms with Crippen LogP contribution in [0.4, 0.5) is 0 Å². The van der Waals surface area contributed by atoms with Gasteiger partial charge in [-0.3, -0.25) is 4.79 Å². The standard InChI is InChI=1S/C13H22N2O4/c1-5-13(6-2,18-8-4)12-14-10(19-15-12)9-11(16)17-7-3/h5-9H2,1-4H3. The van der Waals surface area contributed by atoms with Gasteiger partial charge >= 0.3 is 5.97 Å². The van der Waals surface area contributed by atoms with Crippen LogP contribution in [0.25, 0.3) is 0 Å². The highest BCUT2D eigenvalue weighted by molar-refractivity contribution is 5.71. The van der Waals surface area contributed by atoms with E-state index in [1.807, 2.05) is 20.8 Å². The molecule has 1 rings (SSSR count). The van der Waals surface area contributed by atoms with Crippen LogP contribution < -0.4 is 0 Å². The SMILES string of the molecule is CCOC(=O)Cc1nc(C(CC)(CC)OCC)no1. The molecule has 6 nitrogen and oxygen atoms in total. The Kier molecular flexibility index (Phi) is 5.95. The maximum Gasteiger partial charge on any atom is 0.315 e. The van der Waals surface area contributed by atoms with E-state index in [2.05, 4.69) is 10.1 Å².